The first-order chi connectivity index (χ1) is 13.9. The quantitative estimate of drug-likeness (QED) is 0.644. The second-order valence-corrected chi connectivity index (χ2v) is 7.08. The van der Waals surface area contributed by atoms with Crippen LogP contribution in [0.3, 0.4) is 0 Å². The van der Waals surface area contributed by atoms with Crippen LogP contribution < -0.4 is 4.90 Å². The highest BCUT2D eigenvalue weighted by Crippen LogP contribution is 2.29. The summed E-state index contributed by atoms with van der Waals surface area (Å²) in [6.07, 6.45) is 1.74. The Morgan fingerprint density at radius 3 is 2.28 bits per heavy atom. The van der Waals surface area contributed by atoms with Gasteiger partial charge < -0.3 is 4.90 Å². The van der Waals surface area contributed by atoms with Gasteiger partial charge in [-0.2, -0.15) is 5.10 Å². The van der Waals surface area contributed by atoms with Crippen LogP contribution in [0.2, 0.25) is 0 Å². The van der Waals surface area contributed by atoms with Crippen LogP contribution in [-0.2, 0) is 13.6 Å². The van der Waals surface area contributed by atoms with E-state index < -0.39 is 0 Å². The van der Waals surface area contributed by atoms with Crippen LogP contribution in [0.4, 0.5) is 5.69 Å². The molecule has 7 heteroatoms. The van der Waals surface area contributed by atoms with E-state index in [-0.39, 0.29) is 17.7 Å². The van der Waals surface area contributed by atoms with Gasteiger partial charge in [0.1, 0.15) is 0 Å². The maximum Gasteiger partial charge on any atom is 0.266 e. The molecule has 4 rings (SSSR count). The third-order valence-corrected chi connectivity index (χ3v) is 5.24. The number of rotatable bonds is 4. The lowest BCUT2D eigenvalue weighted by Crippen LogP contribution is -2.30. The van der Waals surface area contributed by atoms with Crippen LogP contribution in [0.5, 0.6) is 0 Å². The average Bonchev–Trinajstić information content (AvgIpc) is 3.18. The van der Waals surface area contributed by atoms with E-state index >= 15 is 0 Å². The lowest BCUT2D eigenvalue weighted by Gasteiger charge is -2.19. The second-order valence-electron chi connectivity index (χ2n) is 7.08. The molecule has 0 aliphatic carbocycles. The van der Waals surface area contributed by atoms with E-state index in [1.54, 1.807) is 71.4 Å². The van der Waals surface area contributed by atoms with Crippen molar-refractivity contribution in [3.63, 3.8) is 0 Å². The van der Waals surface area contributed by atoms with Gasteiger partial charge in [0.15, 0.2) is 0 Å². The van der Waals surface area contributed by atoms with Gasteiger partial charge in [-0.15, -0.1) is 0 Å². The van der Waals surface area contributed by atoms with Crippen molar-refractivity contribution >= 4 is 23.4 Å². The third-order valence-electron chi connectivity index (χ3n) is 5.24. The summed E-state index contributed by atoms with van der Waals surface area (Å²) in [5.41, 5.74) is 3.48. The van der Waals surface area contributed by atoms with Crippen LogP contribution in [0.1, 0.15) is 42.3 Å². The molecule has 1 aliphatic rings. The van der Waals surface area contributed by atoms with Gasteiger partial charge in [-0.3, -0.25) is 19.1 Å². The lowest BCUT2D eigenvalue weighted by molar-refractivity contribution is 0.0783. The molecule has 146 valence electrons. The van der Waals surface area contributed by atoms with Crippen molar-refractivity contribution in [2.24, 2.45) is 7.05 Å². The topological polar surface area (TPSA) is 75.5 Å². The number of benzene rings is 2. The van der Waals surface area contributed by atoms with Crippen molar-refractivity contribution in [1.82, 2.24) is 14.7 Å². The van der Waals surface area contributed by atoms with Crippen LogP contribution in [0, 0.1) is 6.92 Å². The minimum Gasteiger partial charge on any atom is -0.337 e. The van der Waals surface area contributed by atoms with E-state index in [0.29, 0.717) is 28.9 Å². The normalized spacial score (nSPS) is 13.0. The molecule has 1 aromatic heterocycles. The van der Waals surface area contributed by atoms with E-state index in [4.69, 9.17) is 0 Å². The van der Waals surface area contributed by atoms with Gasteiger partial charge in [-0.05, 0) is 37.3 Å². The zero-order valence-electron chi connectivity index (χ0n) is 16.4. The Morgan fingerprint density at radius 2 is 1.69 bits per heavy atom. The second kappa shape index (κ2) is 7.01. The Labute approximate surface area is 168 Å². The highest BCUT2D eigenvalue weighted by Gasteiger charge is 2.36. The van der Waals surface area contributed by atoms with Crippen LogP contribution in [0.15, 0.2) is 54.7 Å². The van der Waals surface area contributed by atoms with E-state index in [2.05, 4.69) is 5.10 Å². The highest BCUT2D eigenvalue weighted by molar-refractivity contribution is 6.34. The molecule has 0 spiro atoms. The number of nitrogens with zero attached hydrogens (tertiary/aromatic N) is 4. The number of carbonyl (C=O) groups is 3. The summed E-state index contributed by atoms with van der Waals surface area (Å²) in [4.78, 5) is 41.0. The summed E-state index contributed by atoms with van der Waals surface area (Å²) in [7, 11) is 3.57. The molecule has 0 radical (unpaired) electrons. The molecule has 0 saturated carbocycles. The molecule has 0 N–H and O–H groups in total. The summed E-state index contributed by atoms with van der Waals surface area (Å²) in [5, 5.41) is 4.20. The summed E-state index contributed by atoms with van der Waals surface area (Å²) in [6, 6.07) is 13.3. The zero-order chi connectivity index (χ0) is 20.7. The number of amides is 3. The Morgan fingerprint density at radius 1 is 1.03 bits per heavy atom. The summed E-state index contributed by atoms with van der Waals surface area (Å²) in [6.45, 7) is 2.36. The summed E-state index contributed by atoms with van der Waals surface area (Å²) >= 11 is 0. The molecule has 3 amide bonds. The largest absolute Gasteiger partial charge is 0.337 e. The predicted molar refractivity (Wildman–Crippen MR) is 108 cm³/mol. The molecule has 0 saturated heterocycles. The van der Waals surface area contributed by atoms with E-state index in [0.717, 1.165) is 16.2 Å². The van der Waals surface area contributed by atoms with Crippen LogP contribution in [0.25, 0.3) is 0 Å². The third kappa shape index (κ3) is 3.10. The standard InChI is InChI=1S/C22H20N4O3/c1-14-16(12-23-25(14)3)13-24(2)20(27)15-7-6-8-17(11-15)26-21(28)18-9-4-5-10-19(18)22(26)29/h4-12H,13H2,1-3H3. The Balaban J connectivity index is 1.59. The fourth-order valence-electron chi connectivity index (χ4n) is 3.45. The number of aromatic nitrogens is 2. The van der Waals surface area contributed by atoms with Crippen molar-refractivity contribution in [2.75, 3.05) is 11.9 Å². The van der Waals surface area contributed by atoms with Gasteiger partial charge in [-0.25, -0.2) is 4.90 Å². The molecule has 2 aromatic carbocycles. The summed E-state index contributed by atoms with van der Waals surface area (Å²) in [5.74, 6) is -0.962. The van der Waals surface area contributed by atoms with E-state index in [1.807, 2.05) is 14.0 Å². The number of hydrogen-bond acceptors (Lipinski definition) is 4. The molecular formula is C22H20N4O3. The van der Waals surface area contributed by atoms with Crippen molar-refractivity contribution in [3.8, 4) is 0 Å². The molecule has 3 aromatic rings. The smallest absolute Gasteiger partial charge is 0.266 e. The molecule has 0 unspecified atom stereocenters. The first-order valence-corrected chi connectivity index (χ1v) is 9.19. The van der Waals surface area contributed by atoms with Gasteiger partial charge >= 0.3 is 0 Å². The van der Waals surface area contributed by atoms with Crippen LogP contribution in [-0.4, -0.2) is 39.4 Å². The first kappa shape index (κ1) is 18.6. The number of aryl methyl sites for hydroxylation is 1. The van der Waals surface area contributed by atoms with Gasteiger partial charge in [0.2, 0.25) is 0 Å². The van der Waals surface area contributed by atoms with Gasteiger partial charge in [0, 0.05) is 37.5 Å². The van der Waals surface area contributed by atoms with Gasteiger partial charge in [-0.1, -0.05) is 18.2 Å². The summed E-state index contributed by atoms with van der Waals surface area (Å²) < 4.78 is 1.76. The maximum atomic E-state index is 12.9. The molecule has 2 heterocycles. The Bertz CT molecular complexity index is 1110. The number of hydrogen-bond donors (Lipinski definition) is 0. The molecule has 0 fully saturated rings. The molecule has 0 atom stereocenters. The predicted octanol–water partition coefficient (Wildman–Crippen LogP) is 2.80. The minimum absolute atomic E-state index is 0.202. The van der Waals surface area contributed by atoms with Crippen LogP contribution >= 0.6 is 0 Å². The van der Waals surface area contributed by atoms with E-state index in [1.165, 1.54) is 0 Å². The highest BCUT2D eigenvalue weighted by atomic mass is 16.2. The number of anilines is 1. The number of carbonyl (C=O) groups excluding carboxylic acids is 3. The van der Waals surface area contributed by atoms with Gasteiger partial charge in [0.05, 0.1) is 23.0 Å². The fourth-order valence-corrected chi connectivity index (χ4v) is 3.45. The number of fused-ring (bicyclic) bond motifs is 1. The van der Waals surface area contributed by atoms with Gasteiger partial charge in [0.25, 0.3) is 17.7 Å². The van der Waals surface area contributed by atoms with Crippen molar-refractivity contribution in [3.05, 3.63) is 82.7 Å². The maximum absolute atomic E-state index is 12.9. The van der Waals surface area contributed by atoms with Crippen molar-refractivity contribution in [1.29, 1.82) is 0 Å². The Kier molecular flexibility index (Phi) is 4.50. The SMILES string of the molecule is Cc1c(CN(C)C(=O)c2cccc(N3C(=O)c4ccccc4C3=O)c2)cnn1C. The average molecular weight is 388 g/mol. The Hall–Kier alpha value is -3.74. The number of imide groups is 1. The molecule has 7 nitrogen and oxygen atoms in total. The monoisotopic (exact) mass is 388 g/mol. The molecular weight excluding hydrogens is 368 g/mol. The fraction of sp³-hybridized carbons (Fsp3) is 0.182. The molecule has 1 aliphatic heterocycles. The lowest BCUT2D eigenvalue weighted by atomic mass is 10.1. The minimum atomic E-state index is -0.380. The van der Waals surface area contributed by atoms with E-state index in [9.17, 15) is 14.4 Å². The molecule has 29 heavy (non-hydrogen) atoms. The first-order valence-electron chi connectivity index (χ1n) is 9.19. The van der Waals surface area contributed by atoms with Crippen molar-refractivity contribution in [2.45, 2.75) is 13.5 Å². The van der Waals surface area contributed by atoms with Crippen molar-refractivity contribution < 1.29 is 14.4 Å². The molecule has 0 bridgehead atoms. The zero-order valence-corrected chi connectivity index (χ0v) is 16.4.